The molecule has 0 bridgehead atoms. The summed E-state index contributed by atoms with van der Waals surface area (Å²) >= 11 is 0. The van der Waals surface area contributed by atoms with Crippen molar-refractivity contribution in [3.8, 4) is 0 Å². The lowest BCUT2D eigenvalue weighted by Gasteiger charge is -2.35. The van der Waals surface area contributed by atoms with Crippen LogP contribution >= 0.6 is 0 Å². The highest BCUT2D eigenvalue weighted by Gasteiger charge is 2.32. The lowest BCUT2D eigenvalue weighted by Crippen LogP contribution is -2.45. The summed E-state index contributed by atoms with van der Waals surface area (Å²) in [5.41, 5.74) is 0.00687. The van der Waals surface area contributed by atoms with Crippen LogP contribution in [-0.2, 0) is 0 Å². The fourth-order valence-electron chi connectivity index (χ4n) is 2.34. The number of nitro groups is 1. The van der Waals surface area contributed by atoms with Gasteiger partial charge in [0.15, 0.2) is 0 Å². The van der Waals surface area contributed by atoms with Crippen LogP contribution in [0.25, 0.3) is 0 Å². The number of carbonyl (C=O) groups is 1. The maximum absolute atomic E-state index is 12.4. The molecule has 1 heterocycles. The zero-order valence-corrected chi connectivity index (χ0v) is 11.6. The molecule has 0 radical (unpaired) electrons. The molecule has 1 amide bonds. The molecule has 1 aliphatic heterocycles. The van der Waals surface area contributed by atoms with Gasteiger partial charge in [0.05, 0.1) is 10.5 Å². The quantitative estimate of drug-likeness (QED) is 0.661. The van der Waals surface area contributed by atoms with Crippen LogP contribution in [0.2, 0.25) is 0 Å². The fraction of sp³-hybridized carbons (Fsp3) is 0.500. The van der Waals surface area contributed by atoms with Crippen LogP contribution in [0.15, 0.2) is 18.2 Å². The average Bonchev–Trinajstić information content (AvgIpc) is 2.37. The van der Waals surface area contributed by atoms with Gasteiger partial charge in [-0.05, 0) is 38.3 Å². The van der Waals surface area contributed by atoms with Gasteiger partial charge in [0.25, 0.3) is 11.6 Å². The molecule has 1 aromatic carbocycles. The van der Waals surface area contributed by atoms with E-state index in [1.165, 1.54) is 6.07 Å². The Balaban J connectivity index is 2.25. The summed E-state index contributed by atoms with van der Waals surface area (Å²) in [5, 5.41) is 20.9. The number of nitrogens with zero attached hydrogens (tertiary/aromatic N) is 2. The van der Waals surface area contributed by atoms with E-state index in [1.54, 1.807) is 30.9 Å². The fourth-order valence-corrected chi connectivity index (χ4v) is 2.34. The minimum atomic E-state index is -0.755. The van der Waals surface area contributed by atoms with E-state index in [1.807, 2.05) is 0 Å². The van der Waals surface area contributed by atoms with E-state index in [9.17, 15) is 20.0 Å². The first-order valence-electron chi connectivity index (χ1n) is 6.57. The standard InChI is InChI=1S/C14H18N2O4/c1-10-3-4-12(16(19)20)11(9-10)13(17)15-7-5-14(2,18)6-8-15/h3-4,9,18H,5-8H2,1-2H3. The Hall–Kier alpha value is -1.95. The number of carbonyl (C=O) groups excluding carboxylic acids is 1. The van der Waals surface area contributed by atoms with Gasteiger partial charge in [0, 0.05) is 19.2 Å². The van der Waals surface area contributed by atoms with Crippen LogP contribution in [0.3, 0.4) is 0 Å². The van der Waals surface area contributed by atoms with Crippen molar-refractivity contribution in [1.29, 1.82) is 0 Å². The lowest BCUT2D eigenvalue weighted by molar-refractivity contribution is -0.385. The summed E-state index contributed by atoms with van der Waals surface area (Å²) in [6.45, 7) is 4.36. The van der Waals surface area contributed by atoms with Gasteiger partial charge in [0.1, 0.15) is 5.56 Å². The van der Waals surface area contributed by atoms with E-state index in [2.05, 4.69) is 0 Å². The normalized spacial score (nSPS) is 17.9. The number of piperidine rings is 1. The molecule has 2 rings (SSSR count). The van der Waals surface area contributed by atoms with Gasteiger partial charge in [-0.2, -0.15) is 0 Å². The highest BCUT2D eigenvalue weighted by atomic mass is 16.6. The number of benzene rings is 1. The molecule has 108 valence electrons. The number of nitro benzene ring substituents is 1. The largest absolute Gasteiger partial charge is 0.390 e. The van der Waals surface area contributed by atoms with E-state index < -0.39 is 10.5 Å². The average molecular weight is 278 g/mol. The number of likely N-dealkylation sites (tertiary alicyclic amines) is 1. The number of aliphatic hydroxyl groups is 1. The van der Waals surface area contributed by atoms with Crippen LogP contribution in [-0.4, -0.2) is 39.5 Å². The molecule has 0 spiro atoms. The Morgan fingerprint density at radius 2 is 2.00 bits per heavy atom. The Bertz CT molecular complexity index is 544. The summed E-state index contributed by atoms with van der Waals surface area (Å²) in [5.74, 6) is -0.337. The summed E-state index contributed by atoms with van der Waals surface area (Å²) in [6, 6.07) is 4.53. The van der Waals surface area contributed by atoms with Gasteiger partial charge in [-0.1, -0.05) is 6.07 Å². The summed E-state index contributed by atoms with van der Waals surface area (Å²) < 4.78 is 0. The molecule has 1 saturated heterocycles. The topological polar surface area (TPSA) is 83.7 Å². The second kappa shape index (κ2) is 5.20. The molecule has 1 fully saturated rings. The van der Waals surface area contributed by atoms with Crippen molar-refractivity contribution in [2.75, 3.05) is 13.1 Å². The van der Waals surface area contributed by atoms with Crippen LogP contribution < -0.4 is 0 Å². The first-order valence-corrected chi connectivity index (χ1v) is 6.57. The van der Waals surface area contributed by atoms with Gasteiger partial charge in [0.2, 0.25) is 0 Å². The third-order valence-electron chi connectivity index (χ3n) is 3.71. The molecule has 1 N–H and O–H groups in total. The molecule has 20 heavy (non-hydrogen) atoms. The second-order valence-corrected chi connectivity index (χ2v) is 5.57. The Kier molecular flexibility index (Phi) is 3.76. The number of hydrogen-bond acceptors (Lipinski definition) is 4. The van der Waals surface area contributed by atoms with Crippen molar-refractivity contribution in [3.63, 3.8) is 0 Å². The molecular weight excluding hydrogens is 260 g/mol. The van der Waals surface area contributed by atoms with E-state index >= 15 is 0 Å². The predicted molar refractivity (Wildman–Crippen MR) is 73.6 cm³/mol. The number of hydrogen-bond donors (Lipinski definition) is 1. The molecule has 0 aliphatic carbocycles. The van der Waals surface area contributed by atoms with E-state index in [0.717, 1.165) is 5.56 Å². The number of rotatable bonds is 2. The zero-order chi connectivity index (χ0) is 14.9. The number of aryl methyl sites for hydroxylation is 1. The van der Waals surface area contributed by atoms with E-state index in [-0.39, 0.29) is 17.2 Å². The molecule has 0 saturated carbocycles. The van der Waals surface area contributed by atoms with Crippen molar-refractivity contribution in [2.45, 2.75) is 32.3 Å². The predicted octanol–water partition coefficient (Wildman–Crippen LogP) is 1.89. The molecule has 6 nitrogen and oxygen atoms in total. The first-order chi connectivity index (χ1) is 9.30. The molecule has 1 aliphatic rings. The Morgan fingerprint density at radius 3 is 2.55 bits per heavy atom. The summed E-state index contributed by atoms with van der Waals surface area (Å²) in [6.07, 6.45) is 0.969. The molecule has 6 heteroatoms. The van der Waals surface area contributed by atoms with Gasteiger partial charge in [-0.15, -0.1) is 0 Å². The maximum Gasteiger partial charge on any atom is 0.282 e. The lowest BCUT2D eigenvalue weighted by atomic mass is 9.93. The van der Waals surface area contributed by atoms with Crippen LogP contribution in [0, 0.1) is 17.0 Å². The number of amides is 1. The third kappa shape index (κ3) is 2.96. The molecule has 0 aromatic heterocycles. The minimum absolute atomic E-state index is 0.122. The van der Waals surface area contributed by atoms with E-state index in [0.29, 0.717) is 25.9 Å². The second-order valence-electron chi connectivity index (χ2n) is 5.57. The highest BCUT2D eigenvalue weighted by molar-refractivity contribution is 5.98. The van der Waals surface area contributed by atoms with Crippen molar-refractivity contribution >= 4 is 11.6 Å². The Labute approximate surface area is 117 Å². The molecule has 1 aromatic rings. The van der Waals surface area contributed by atoms with Crippen LogP contribution in [0.1, 0.15) is 35.7 Å². The van der Waals surface area contributed by atoms with Crippen molar-refractivity contribution in [3.05, 3.63) is 39.4 Å². The minimum Gasteiger partial charge on any atom is -0.390 e. The van der Waals surface area contributed by atoms with Gasteiger partial charge < -0.3 is 10.0 Å². The smallest absolute Gasteiger partial charge is 0.282 e. The van der Waals surface area contributed by atoms with Gasteiger partial charge >= 0.3 is 0 Å². The van der Waals surface area contributed by atoms with Crippen LogP contribution in [0.5, 0.6) is 0 Å². The molecule has 0 atom stereocenters. The van der Waals surface area contributed by atoms with Crippen molar-refractivity contribution in [1.82, 2.24) is 4.90 Å². The van der Waals surface area contributed by atoms with Gasteiger partial charge in [-0.25, -0.2) is 0 Å². The first kappa shape index (κ1) is 14.5. The maximum atomic E-state index is 12.4. The van der Waals surface area contributed by atoms with E-state index in [4.69, 9.17) is 0 Å². The third-order valence-corrected chi connectivity index (χ3v) is 3.71. The monoisotopic (exact) mass is 278 g/mol. The zero-order valence-electron chi connectivity index (χ0n) is 11.6. The van der Waals surface area contributed by atoms with Crippen molar-refractivity contribution < 1.29 is 14.8 Å². The Morgan fingerprint density at radius 1 is 1.40 bits per heavy atom. The molecule has 0 unspecified atom stereocenters. The van der Waals surface area contributed by atoms with Crippen molar-refractivity contribution in [2.24, 2.45) is 0 Å². The van der Waals surface area contributed by atoms with Gasteiger partial charge in [-0.3, -0.25) is 14.9 Å². The summed E-state index contributed by atoms with van der Waals surface area (Å²) in [7, 11) is 0. The SMILES string of the molecule is Cc1ccc([N+](=O)[O-])c(C(=O)N2CCC(C)(O)CC2)c1. The highest BCUT2D eigenvalue weighted by Crippen LogP contribution is 2.26. The molecular formula is C14H18N2O4. The summed E-state index contributed by atoms with van der Waals surface area (Å²) in [4.78, 5) is 24.5. The van der Waals surface area contributed by atoms with Crippen LogP contribution in [0.4, 0.5) is 5.69 Å².